The number of aromatic nitrogens is 4. The third-order valence-electron chi connectivity index (χ3n) is 15.4. The van der Waals surface area contributed by atoms with E-state index in [1.54, 1.807) is 12.1 Å². The van der Waals surface area contributed by atoms with Crippen LogP contribution in [0.3, 0.4) is 0 Å². The lowest BCUT2D eigenvalue weighted by molar-refractivity contribution is -0.176. The summed E-state index contributed by atoms with van der Waals surface area (Å²) in [5.74, 6) is -7.42. The van der Waals surface area contributed by atoms with E-state index in [-0.39, 0.29) is 62.2 Å². The van der Waals surface area contributed by atoms with Crippen molar-refractivity contribution in [1.29, 1.82) is 0 Å². The number of ether oxygens (including phenoxy) is 4. The van der Waals surface area contributed by atoms with Gasteiger partial charge in [-0.25, -0.2) is 19.2 Å². The van der Waals surface area contributed by atoms with Crippen LogP contribution in [-0.2, 0) is 96.1 Å². The zero-order valence-electron chi connectivity index (χ0n) is 53.8. The van der Waals surface area contributed by atoms with Gasteiger partial charge in [0.25, 0.3) is 23.6 Å². The van der Waals surface area contributed by atoms with Crippen molar-refractivity contribution in [1.82, 2.24) is 39.2 Å². The summed E-state index contributed by atoms with van der Waals surface area (Å²) in [7, 11) is 5.62. The number of hydrogen-bond donors (Lipinski definition) is 0. The van der Waals surface area contributed by atoms with E-state index in [1.165, 1.54) is 51.8 Å². The first kappa shape index (κ1) is 69.4. The molecule has 4 amide bonds. The maximum Gasteiger partial charge on any atom is 0.329 e. The number of rotatable bonds is 20. The molecule has 0 radical (unpaired) electrons. The lowest BCUT2D eigenvalue weighted by atomic mass is 9.99. The van der Waals surface area contributed by atoms with Crippen molar-refractivity contribution >= 4 is 47.5 Å². The molecular formula is C66H96N8O12. The minimum absolute atomic E-state index is 0.0813. The first-order chi connectivity index (χ1) is 40.6. The Bertz CT molecular complexity index is 2720. The summed E-state index contributed by atoms with van der Waals surface area (Å²) in [4.78, 5) is 123. The minimum atomic E-state index is -1.54. The molecule has 472 valence electrons. The molecule has 0 N–H and O–H groups in total. The van der Waals surface area contributed by atoms with Crippen molar-refractivity contribution in [3.63, 3.8) is 0 Å². The second kappa shape index (κ2) is 32.4. The molecule has 1 aliphatic heterocycles. The summed E-state index contributed by atoms with van der Waals surface area (Å²) < 4.78 is 28.1. The minimum Gasteiger partial charge on any atom is -0.451 e. The van der Waals surface area contributed by atoms with E-state index in [1.807, 2.05) is 126 Å². The Balaban J connectivity index is 1.60. The highest BCUT2D eigenvalue weighted by atomic mass is 16.6. The molecule has 8 atom stereocenters. The van der Waals surface area contributed by atoms with E-state index in [9.17, 15) is 28.8 Å². The number of carbonyl (C=O) groups is 8. The highest BCUT2D eigenvalue weighted by Gasteiger charge is 2.43. The highest BCUT2D eigenvalue weighted by molar-refractivity contribution is 5.94. The Kier molecular flexibility index (Phi) is 26.1. The van der Waals surface area contributed by atoms with E-state index >= 15 is 9.59 Å². The smallest absolute Gasteiger partial charge is 0.329 e. The topological polar surface area (TPSA) is 222 Å². The van der Waals surface area contributed by atoms with E-state index < -0.39 is 96.1 Å². The number of cyclic esters (lactones) is 4. The van der Waals surface area contributed by atoms with Gasteiger partial charge < -0.3 is 38.5 Å². The summed E-state index contributed by atoms with van der Waals surface area (Å²) in [5.41, 5.74) is 5.18. The molecule has 20 heteroatoms. The molecule has 20 nitrogen and oxygen atoms in total. The molecule has 1 aliphatic rings. The van der Waals surface area contributed by atoms with Gasteiger partial charge in [-0.05, 0) is 109 Å². The zero-order chi connectivity index (χ0) is 63.7. The maximum absolute atomic E-state index is 15.2. The van der Waals surface area contributed by atoms with Crippen molar-refractivity contribution in [2.24, 2.45) is 23.7 Å². The molecule has 86 heavy (non-hydrogen) atoms. The van der Waals surface area contributed by atoms with Crippen LogP contribution in [-0.4, -0.2) is 163 Å². The molecular weight excluding hydrogens is 1100 g/mol. The first-order valence-electron chi connectivity index (χ1n) is 30.7. The number of likely N-dealkylation sites (N-methyl/N-ethyl adjacent to an activating group) is 4. The summed E-state index contributed by atoms with van der Waals surface area (Å²) in [5, 5.41) is 9.06. The van der Waals surface area contributed by atoms with Crippen LogP contribution >= 0.6 is 0 Å². The second-order valence-electron chi connectivity index (χ2n) is 25.0. The Hall–Kier alpha value is -7.38. The molecule has 2 aromatic heterocycles. The Labute approximate surface area is 509 Å². The number of hydrogen-bond acceptors (Lipinski definition) is 14. The van der Waals surface area contributed by atoms with E-state index in [2.05, 4.69) is 24.0 Å². The van der Waals surface area contributed by atoms with Crippen molar-refractivity contribution < 1.29 is 57.3 Å². The van der Waals surface area contributed by atoms with Gasteiger partial charge in [-0.1, -0.05) is 131 Å². The largest absolute Gasteiger partial charge is 0.451 e. The molecule has 0 unspecified atom stereocenters. The van der Waals surface area contributed by atoms with Gasteiger partial charge in [0.15, 0.2) is 24.4 Å². The molecule has 0 aliphatic carbocycles. The van der Waals surface area contributed by atoms with Gasteiger partial charge in [-0.2, -0.15) is 10.2 Å². The van der Waals surface area contributed by atoms with Crippen molar-refractivity contribution in [2.75, 3.05) is 28.2 Å². The molecule has 0 spiro atoms. The molecule has 5 rings (SSSR count). The van der Waals surface area contributed by atoms with Crippen LogP contribution in [0.15, 0.2) is 73.3 Å². The number of carbonyl (C=O) groups excluding carboxylic acids is 8. The maximum atomic E-state index is 15.2. The Morgan fingerprint density at radius 2 is 0.709 bits per heavy atom. The molecule has 3 heterocycles. The summed E-state index contributed by atoms with van der Waals surface area (Å²) >= 11 is 0. The van der Waals surface area contributed by atoms with Crippen molar-refractivity contribution in [2.45, 2.75) is 209 Å². The van der Waals surface area contributed by atoms with Gasteiger partial charge in [0.2, 0.25) is 0 Å². The van der Waals surface area contributed by atoms with Gasteiger partial charge >= 0.3 is 23.9 Å². The quantitative estimate of drug-likeness (QED) is 0.0603. The fourth-order valence-electron chi connectivity index (χ4n) is 10.8. The van der Waals surface area contributed by atoms with Crippen LogP contribution < -0.4 is 0 Å². The van der Waals surface area contributed by atoms with E-state index in [4.69, 9.17) is 18.9 Å². The molecule has 1 saturated heterocycles. The third-order valence-corrected chi connectivity index (χ3v) is 15.4. The SMILES string of the molecule is CCCc1cnn(Cc2cccc(C[C@H]3OC(=O)[C@H](CC(C)C)N(C)C(=O)[C@@H](C)OC(=O)[C@H](CC(C)C)N(C)C(=O)[C@@H](Cc4cccc(Cn5cc(CCC)cn5)c4)OC(=O)[C@H](CC(C)C)N(C)C(=O)[C@@H](C)OC(=O)[C@H](CC(C)C)N(C)C3=O)c2)c1. The first-order valence-corrected chi connectivity index (χ1v) is 30.7. The normalized spacial score (nSPS) is 22.5. The number of nitrogens with zero attached hydrogens (tertiary/aromatic N) is 8. The van der Waals surface area contributed by atoms with Crippen LogP contribution in [0.1, 0.15) is 155 Å². The predicted molar refractivity (Wildman–Crippen MR) is 326 cm³/mol. The monoisotopic (exact) mass is 1190 g/mol. The summed E-state index contributed by atoms with van der Waals surface area (Å²) in [6.45, 7) is 22.7. The van der Waals surface area contributed by atoms with Crippen LogP contribution in [0, 0.1) is 23.7 Å². The average Bonchev–Trinajstić information content (AvgIpc) is 4.24. The molecule has 1 fully saturated rings. The lowest BCUT2D eigenvalue weighted by Gasteiger charge is -2.35. The third kappa shape index (κ3) is 19.8. The zero-order valence-corrected chi connectivity index (χ0v) is 53.8. The summed E-state index contributed by atoms with van der Waals surface area (Å²) in [6.07, 6.45) is 5.30. The number of esters is 4. The van der Waals surface area contributed by atoms with Gasteiger partial charge in [0.05, 0.1) is 25.5 Å². The van der Waals surface area contributed by atoms with Crippen LogP contribution in [0.5, 0.6) is 0 Å². The van der Waals surface area contributed by atoms with Gasteiger partial charge in [0, 0.05) is 53.4 Å². The van der Waals surface area contributed by atoms with Gasteiger partial charge in [-0.15, -0.1) is 0 Å². The number of aryl methyl sites for hydroxylation is 2. The van der Waals surface area contributed by atoms with Crippen LogP contribution in [0.4, 0.5) is 0 Å². The van der Waals surface area contributed by atoms with Crippen LogP contribution in [0.2, 0.25) is 0 Å². The number of benzene rings is 2. The van der Waals surface area contributed by atoms with Gasteiger partial charge in [0.1, 0.15) is 24.2 Å². The molecule has 2 aromatic carbocycles. The van der Waals surface area contributed by atoms with Gasteiger partial charge in [-0.3, -0.25) is 28.5 Å². The molecule has 0 bridgehead atoms. The standard InChI is InChI=1S/C66H96N8O12/c1-17-21-51-35-67-73(39-51)37-49-25-19-23-47(31-49)33-57-61(77)71(15)53(27-41(3)4)63(79)83-46(12)60(76)70(14)56(30-44(9)10)66(82)86-58(34-48-24-20-26-50(32-48)38-74-40-52(22-18-2)36-68-74)62(78)72(16)54(28-42(5)6)64(80)84-45(11)59(75)69(13)55(29-43(7)8)65(81)85-57/h19-20,23-26,31-32,35-36,39-46,53-58H,17-18,21-22,27-30,33-34,37-38H2,1-16H3/t45-,46-,53+,54+,55+,56+,57-,58-/m1/s1. The van der Waals surface area contributed by atoms with E-state index in [0.29, 0.717) is 24.2 Å². The fraction of sp³-hybridized carbons (Fsp3) is 0.606. The highest BCUT2D eigenvalue weighted by Crippen LogP contribution is 2.25. The number of amides is 4. The lowest BCUT2D eigenvalue weighted by Crippen LogP contribution is -2.55. The van der Waals surface area contributed by atoms with Crippen LogP contribution in [0.25, 0.3) is 0 Å². The van der Waals surface area contributed by atoms with Crippen molar-refractivity contribution in [3.05, 3.63) is 107 Å². The predicted octanol–water partition coefficient (Wildman–Crippen LogP) is 8.06. The fourth-order valence-corrected chi connectivity index (χ4v) is 10.8. The molecule has 0 saturated carbocycles. The Morgan fingerprint density at radius 1 is 0.419 bits per heavy atom. The van der Waals surface area contributed by atoms with E-state index in [0.717, 1.165) is 57.7 Å². The Morgan fingerprint density at radius 3 is 1.01 bits per heavy atom. The average molecular weight is 1190 g/mol. The summed E-state index contributed by atoms with van der Waals surface area (Å²) in [6, 6.07) is 9.73. The van der Waals surface area contributed by atoms with Crippen molar-refractivity contribution in [3.8, 4) is 0 Å². The second-order valence-corrected chi connectivity index (χ2v) is 25.0. The molecule has 4 aromatic rings.